The lowest BCUT2D eigenvalue weighted by molar-refractivity contribution is 0.0977. The summed E-state index contributed by atoms with van der Waals surface area (Å²) in [5.41, 5.74) is 2.47. The number of aliphatic hydroxyl groups excluding tert-OH is 1. The van der Waals surface area contributed by atoms with E-state index in [4.69, 9.17) is 10.4 Å². The average molecular weight is 383 g/mol. The molecule has 150 valence electrons. The summed E-state index contributed by atoms with van der Waals surface area (Å²) in [7, 11) is 0. The lowest BCUT2D eigenvalue weighted by Crippen LogP contribution is -2.45. The summed E-state index contributed by atoms with van der Waals surface area (Å²) in [6.45, 7) is 7.50. The zero-order valence-electron chi connectivity index (χ0n) is 16.7. The molecule has 0 radical (unpaired) electrons. The maximum Gasteiger partial charge on any atom is 0.260 e. The van der Waals surface area contributed by atoms with Gasteiger partial charge in [0.2, 0.25) is 0 Å². The first-order valence-corrected chi connectivity index (χ1v) is 9.78. The van der Waals surface area contributed by atoms with E-state index in [2.05, 4.69) is 15.5 Å². The Kier molecular flexibility index (Phi) is 6.26. The predicted octanol–water partition coefficient (Wildman–Crippen LogP) is 2.21. The van der Waals surface area contributed by atoms with Crippen molar-refractivity contribution in [2.45, 2.75) is 45.8 Å². The van der Waals surface area contributed by atoms with Crippen molar-refractivity contribution < 1.29 is 9.90 Å². The lowest BCUT2D eigenvalue weighted by atomic mass is 10.0. The second-order valence-electron chi connectivity index (χ2n) is 7.65. The number of aliphatic hydroxyl groups is 1. The van der Waals surface area contributed by atoms with Crippen LogP contribution in [0, 0.1) is 12.3 Å². The standard InChI is InChI=1S/C21H29N5O2/c1-13-4-5-19-16(10-13)11-18(21(28)24-15(3)22)20(25-19)26-8-6-17(7-9-26)23-12-14(2)27/h4-5,10-11,14,17,23,27H,6-9,12H2,1-3H3,(H2,22,24,28). The number of anilines is 1. The number of aryl methyl sites for hydroxylation is 1. The first-order valence-electron chi connectivity index (χ1n) is 9.78. The predicted molar refractivity (Wildman–Crippen MR) is 112 cm³/mol. The summed E-state index contributed by atoms with van der Waals surface area (Å²) < 4.78 is 0. The summed E-state index contributed by atoms with van der Waals surface area (Å²) in [4.78, 5) is 19.7. The van der Waals surface area contributed by atoms with E-state index < -0.39 is 0 Å². The molecule has 0 aliphatic carbocycles. The monoisotopic (exact) mass is 383 g/mol. The third-order valence-electron chi connectivity index (χ3n) is 4.99. The fourth-order valence-corrected chi connectivity index (χ4v) is 3.56. The number of hydrogen-bond acceptors (Lipinski definition) is 6. The molecule has 0 spiro atoms. The first kappa shape index (κ1) is 20.2. The minimum atomic E-state index is -0.358. The van der Waals surface area contributed by atoms with E-state index in [1.165, 1.54) is 0 Å². The fraction of sp³-hybridized carbons (Fsp3) is 0.476. The molecule has 4 N–H and O–H groups in total. The number of carbonyl (C=O) groups excluding carboxylic acids is 1. The van der Waals surface area contributed by atoms with Crippen molar-refractivity contribution in [3.05, 3.63) is 35.4 Å². The van der Waals surface area contributed by atoms with Crippen LogP contribution in [0.25, 0.3) is 10.9 Å². The third-order valence-corrected chi connectivity index (χ3v) is 4.99. The number of carbonyl (C=O) groups is 1. The maximum absolute atomic E-state index is 12.7. The van der Waals surface area contributed by atoms with Crippen LogP contribution in [0.2, 0.25) is 0 Å². The van der Waals surface area contributed by atoms with Crippen LogP contribution in [-0.4, -0.2) is 53.6 Å². The summed E-state index contributed by atoms with van der Waals surface area (Å²) in [5.74, 6) is 0.484. The number of piperidine rings is 1. The van der Waals surface area contributed by atoms with Crippen molar-refractivity contribution in [3.63, 3.8) is 0 Å². The van der Waals surface area contributed by atoms with E-state index in [0.29, 0.717) is 24.0 Å². The van der Waals surface area contributed by atoms with Crippen molar-refractivity contribution in [2.24, 2.45) is 0 Å². The van der Waals surface area contributed by atoms with Gasteiger partial charge in [-0.25, -0.2) is 4.98 Å². The van der Waals surface area contributed by atoms with Gasteiger partial charge in [0.05, 0.1) is 23.0 Å². The van der Waals surface area contributed by atoms with E-state index in [-0.39, 0.29) is 17.8 Å². The summed E-state index contributed by atoms with van der Waals surface area (Å²) >= 11 is 0. The van der Waals surface area contributed by atoms with Crippen molar-refractivity contribution in [2.75, 3.05) is 24.5 Å². The molecule has 1 amide bonds. The van der Waals surface area contributed by atoms with Crippen molar-refractivity contribution in [3.8, 4) is 0 Å². The molecule has 0 bridgehead atoms. The highest BCUT2D eigenvalue weighted by Gasteiger charge is 2.25. The molecule has 1 unspecified atom stereocenters. The van der Waals surface area contributed by atoms with Crippen molar-refractivity contribution >= 4 is 28.5 Å². The molecule has 1 atom stereocenters. The van der Waals surface area contributed by atoms with E-state index >= 15 is 0 Å². The molecule has 1 fully saturated rings. The number of pyridine rings is 1. The van der Waals surface area contributed by atoms with Gasteiger partial charge in [0.15, 0.2) is 0 Å². The first-order chi connectivity index (χ1) is 13.3. The molecule has 2 aromatic rings. The van der Waals surface area contributed by atoms with Gasteiger partial charge in [-0.2, -0.15) is 0 Å². The molecular formula is C21H29N5O2. The summed E-state index contributed by atoms with van der Waals surface area (Å²) in [6, 6.07) is 8.25. The molecule has 0 saturated carbocycles. The Morgan fingerprint density at radius 3 is 2.71 bits per heavy atom. The highest BCUT2D eigenvalue weighted by molar-refractivity contribution is 6.09. The van der Waals surface area contributed by atoms with Gasteiger partial charge < -0.3 is 20.6 Å². The SMILES string of the molecule is CC(=N)NC(=O)c1cc2cc(C)ccc2nc1N1CCC(NCC(C)O)CC1. The molecule has 1 aliphatic rings. The van der Waals surface area contributed by atoms with E-state index in [0.717, 1.165) is 42.4 Å². The molecule has 28 heavy (non-hydrogen) atoms. The number of fused-ring (bicyclic) bond motifs is 1. The Labute approximate surface area is 165 Å². The number of aromatic nitrogens is 1. The quantitative estimate of drug-likeness (QED) is 0.468. The second-order valence-corrected chi connectivity index (χ2v) is 7.65. The maximum atomic E-state index is 12.7. The smallest absolute Gasteiger partial charge is 0.260 e. The topological polar surface area (TPSA) is 101 Å². The molecule has 3 rings (SSSR count). The van der Waals surface area contributed by atoms with Crippen LogP contribution in [0.5, 0.6) is 0 Å². The molecule has 7 nitrogen and oxygen atoms in total. The normalized spacial score (nSPS) is 16.2. The van der Waals surface area contributed by atoms with Gasteiger partial charge in [-0.3, -0.25) is 10.2 Å². The minimum Gasteiger partial charge on any atom is -0.392 e. The highest BCUT2D eigenvalue weighted by Crippen LogP contribution is 2.27. The molecule has 1 aromatic heterocycles. The van der Waals surface area contributed by atoms with Crippen LogP contribution in [0.1, 0.15) is 42.6 Å². The Hall–Kier alpha value is -2.51. The van der Waals surface area contributed by atoms with Crippen molar-refractivity contribution in [1.82, 2.24) is 15.6 Å². The third kappa shape index (κ3) is 4.85. The zero-order valence-corrected chi connectivity index (χ0v) is 16.7. The Morgan fingerprint density at radius 1 is 1.36 bits per heavy atom. The lowest BCUT2D eigenvalue weighted by Gasteiger charge is -2.34. The Bertz CT molecular complexity index is 872. The van der Waals surface area contributed by atoms with Crippen molar-refractivity contribution in [1.29, 1.82) is 5.41 Å². The van der Waals surface area contributed by atoms with Crippen LogP contribution in [0.4, 0.5) is 5.82 Å². The fourth-order valence-electron chi connectivity index (χ4n) is 3.56. The van der Waals surface area contributed by atoms with Crippen LogP contribution in [0.15, 0.2) is 24.3 Å². The molecule has 2 heterocycles. The van der Waals surface area contributed by atoms with E-state index in [9.17, 15) is 9.90 Å². The Balaban J connectivity index is 1.87. The minimum absolute atomic E-state index is 0.112. The number of benzene rings is 1. The van der Waals surface area contributed by atoms with Gasteiger partial charge >= 0.3 is 0 Å². The molecular weight excluding hydrogens is 354 g/mol. The molecule has 1 saturated heterocycles. The number of amides is 1. The van der Waals surface area contributed by atoms with Gasteiger partial charge in [-0.05, 0) is 51.8 Å². The summed E-state index contributed by atoms with van der Waals surface area (Å²) in [6.07, 6.45) is 1.49. The number of nitrogens with zero attached hydrogens (tertiary/aromatic N) is 2. The number of amidine groups is 1. The number of nitrogens with one attached hydrogen (secondary N) is 3. The number of hydrogen-bond donors (Lipinski definition) is 4. The Morgan fingerprint density at radius 2 is 2.07 bits per heavy atom. The van der Waals surface area contributed by atoms with E-state index in [1.807, 2.05) is 31.2 Å². The average Bonchev–Trinajstić information content (AvgIpc) is 2.65. The van der Waals surface area contributed by atoms with Gasteiger partial charge in [0.25, 0.3) is 5.91 Å². The van der Waals surface area contributed by atoms with Gasteiger partial charge in [-0.1, -0.05) is 11.6 Å². The van der Waals surface area contributed by atoms with Gasteiger partial charge in [-0.15, -0.1) is 0 Å². The zero-order chi connectivity index (χ0) is 20.3. The van der Waals surface area contributed by atoms with Gasteiger partial charge in [0, 0.05) is 31.1 Å². The van der Waals surface area contributed by atoms with Crippen LogP contribution >= 0.6 is 0 Å². The van der Waals surface area contributed by atoms with E-state index in [1.54, 1.807) is 13.8 Å². The molecule has 1 aromatic carbocycles. The van der Waals surface area contributed by atoms with Crippen LogP contribution in [-0.2, 0) is 0 Å². The number of rotatable bonds is 5. The summed E-state index contributed by atoms with van der Waals surface area (Å²) in [5, 5.41) is 24.0. The van der Waals surface area contributed by atoms with Crippen LogP contribution < -0.4 is 15.5 Å². The molecule has 1 aliphatic heterocycles. The largest absolute Gasteiger partial charge is 0.392 e. The van der Waals surface area contributed by atoms with Crippen LogP contribution in [0.3, 0.4) is 0 Å². The second kappa shape index (κ2) is 8.67. The highest BCUT2D eigenvalue weighted by atomic mass is 16.3. The molecule has 7 heteroatoms. The van der Waals surface area contributed by atoms with Gasteiger partial charge in [0.1, 0.15) is 5.82 Å².